The summed E-state index contributed by atoms with van der Waals surface area (Å²) in [6, 6.07) is 3.52. The molecule has 128 valence electrons. The van der Waals surface area contributed by atoms with E-state index < -0.39 is 11.8 Å². The fraction of sp³-hybridized carbons (Fsp3) is 0.600. The molecule has 2 heterocycles. The maximum atomic E-state index is 11.8. The molecule has 23 heavy (non-hydrogen) atoms. The number of ether oxygens (including phenoxy) is 1. The number of carbonyl (C=O) groups is 2. The van der Waals surface area contributed by atoms with Gasteiger partial charge in [0.25, 0.3) is 0 Å². The summed E-state index contributed by atoms with van der Waals surface area (Å²) in [6.07, 6.45) is 2.01. The SMILES string of the molecule is O=C(NCCCO)C(=O)NC[C@@H](c1ccco1)N1CCOCC1. The fourth-order valence-electron chi connectivity index (χ4n) is 2.41. The van der Waals surface area contributed by atoms with Gasteiger partial charge in [-0.05, 0) is 18.6 Å². The molecule has 2 rings (SSSR count). The first-order valence-electron chi connectivity index (χ1n) is 7.74. The van der Waals surface area contributed by atoms with Gasteiger partial charge < -0.3 is 24.9 Å². The van der Waals surface area contributed by atoms with Crippen LogP contribution in [-0.4, -0.2) is 67.8 Å². The quantitative estimate of drug-likeness (QED) is 0.451. The third kappa shape index (κ3) is 5.34. The van der Waals surface area contributed by atoms with Crippen molar-refractivity contribution >= 4 is 11.8 Å². The van der Waals surface area contributed by atoms with Gasteiger partial charge in [-0.3, -0.25) is 14.5 Å². The van der Waals surface area contributed by atoms with E-state index >= 15 is 0 Å². The number of aliphatic hydroxyl groups is 1. The molecule has 1 aliphatic rings. The number of rotatable bonds is 7. The normalized spacial score (nSPS) is 16.7. The molecule has 0 aliphatic carbocycles. The highest BCUT2D eigenvalue weighted by Gasteiger charge is 2.26. The van der Waals surface area contributed by atoms with Crippen LogP contribution in [0.4, 0.5) is 0 Å². The number of morpholine rings is 1. The van der Waals surface area contributed by atoms with Crippen LogP contribution >= 0.6 is 0 Å². The number of nitrogens with one attached hydrogen (secondary N) is 2. The Morgan fingerprint density at radius 3 is 2.65 bits per heavy atom. The molecule has 0 saturated carbocycles. The first-order valence-corrected chi connectivity index (χ1v) is 7.74. The maximum absolute atomic E-state index is 11.8. The van der Waals surface area contributed by atoms with Gasteiger partial charge in [0.15, 0.2) is 0 Å². The summed E-state index contributed by atoms with van der Waals surface area (Å²) in [5.74, 6) is -0.640. The zero-order valence-corrected chi connectivity index (χ0v) is 13.0. The van der Waals surface area contributed by atoms with Crippen LogP contribution in [0.15, 0.2) is 22.8 Å². The lowest BCUT2D eigenvalue weighted by Gasteiger charge is -2.33. The fourth-order valence-corrected chi connectivity index (χ4v) is 2.41. The Bertz CT molecular complexity index is 485. The molecular formula is C15H23N3O5. The van der Waals surface area contributed by atoms with E-state index in [1.54, 1.807) is 12.3 Å². The molecule has 1 fully saturated rings. The van der Waals surface area contributed by atoms with Gasteiger partial charge in [0.05, 0.1) is 25.5 Å². The van der Waals surface area contributed by atoms with Crippen LogP contribution in [0.25, 0.3) is 0 Å². The van der Waals surface area contributed by atoms with Crippen molar-refractivity contribution in [3.8, 4) is 0 Å². The minimum Gasteiger partial charge on any atom is -0.468 e. The largest absolute Gasteiger partial charge is 0.468 e. The Labute approximate surface area is 134 Å². The molecule has 0 spiro atoms. The molecule has 1 aromatic heterocycles. The number of amides is 2. The lowest BCUT2D eigenvalue weighted by atomic mass is 10.1. The maximum Gasteiger partial charge on any atom is 0.309 e. The summed E-state index contributed by atoms with van der Waals surface area (Å²) in [7, 11) is 0. The van der Waals surface area contributed by atoms with Crippen molar-refractivity contribution in [1.82, 2.24) is 15.5 Å². The van der Waals surface area contributed by atoms with Crippen LogP contribution in [-0.2, 0) is 14.3 Å². The molecule has 1 aromatic rings. The zero-order chi connectivity index (χ0) is 16.5. The molecule has 2 amide bonds. The average Bonchev–Trinajstić information content (AvgIpc) is 3.10. The van der Waals surface area contributed by atoms with Gasteiger partial charge in [0.2, 0.25) is 0 Å². The number of hydrogen-bond acceptors (Lipinski definition) is 6. The number of furan rings is 1. The van der Waals surface area contributed by atoms with Gasteiger partial charge in [-0.1, -0.05) is 0 Å². The van der Waals surface area contributed by atoms with Crippen molar-refractivity contribution in [1.29, 1.82) is 0 Å². The van der Waals surface area contributed by atoms with E-state index in [-0.39, 0.29) is 25.7 Å². The number of hydrogen-bond donors (Lipinski definition) is 3. The third-order valence-electron chi connectivity index (χ3n) is 3.64. The van der Waals surface area contributed by atoms with Gasteiger partial charge in [-0.2, -0.15) is 0 Å². The van der Waals surface area contributed by atoms with E-state index in [0.29, 0.717) is 19.6 Å². The van der Waals surface area contributed by atoms with Crippen LogP contribution in [0.2, 0.25) is 0 Å². The topological polar surface area (TPSA) is 104 Å². The molecule has 3 N–H and O–H groups in total. The summed E-state index contributed by atoms with van der Waals surface area (Å²) >= 11 is 0. The van der Waals surface area contributed by atoms with E-state index in [1.807, 2.05) is 6.07 Å². The summed E-state index contributed by atoms with van der Waals surface area (Å²) < 4.78 is 10.8. The number of aliphatic hydroxyl groups excluding tert-OH is 1. The van der Waals surface area contributed by atoms with Crippen molar-refractivity contribution in [2.75, 3.05) is 46.0 Å². The van der Waals surface area contributed by atoms with Crippen LogP contribution in [0.3, 0.4) is 0 Å². The Hall–Kier alpha value is -1.90. The Kier molecular flexibility index (Phi) is 7.05. The second kappa shape index (κ2) is 9.29. The smallest absolute Gasteiger partial charge is 0.309 e. The van der Waals surface area contributed by atoms with Crippen molar-refractivity contribution in [2.24, 2.45) is 0 Å². The van der Waals surface area contributed by atoms with Gasteiger partial charge >= 0.3 is 11.8 Å². The van der Waals surface area contributed by atoms with Crippen LogP contribution in [0.5, 0.6) is 0 Å². The van der Waals surface area contributed by atoms with E-state index in [1.165, 1.54) is 0 Å². The monoisotopic (exact) mass is 325 g/mol. The molecule has 1 aliphatic heterocycles. The Morgan fingerprint density at radius 1 is 1.26 bits per heavy atom. The first kappa shape index (κ1) is 17.5. The molecule has 0 radical (unpaired) electrons. The zero-order valence-electron chi connectivity index (χ0n) is 13.0. The number of carbonyl (C=O) groups excluding carboxylic acids is 2. The summed E-state index contributed by atoms with van der Waals surface area (Å²) in [5.41, 5.74) is 0. The summed E-state index contributed by atoms with van der Waals surface area (Å²) in [4.78, 5) is 25.6. The molecule has 8 heteroatoms. The van der Waals surface area contributed by atoms with E-state index in [4.69, 9.17) is 14.3 Å². The van der Waals surface area contributed by atoms with Gasteiger partial charge in [0, 0.05) is 32.8 Å². The van der Waals surface area contributed by atoms with Crippen molar-refractivity contribution in [3.05, 3.63) is 24.2 Å². The van der Waals surface area contributed by atoms with E-state index in [2.05, 4.69) is 15.5 Å². The predicted molar refractivity (Wildman–Crippen MR) is 81.6 cm³/mol. The van der Waals surface area contributed by atoms with Crippen molar-refractivity contribution in [2.45, 2.75) is 12.5 Å². The number of nitrogens with zero attached hydrogens (tertiary/aromatic N) is 1. The van der Waals surface area contributed by atoms with Crippen molar-refractivity contribution in [3.63, 3.8) is 0 Å². The highest BCUT2D eigenvalue weighted by molar-refractivity contribution is 6.35. The van der Waals surface area contributed by atoms with Gasteiger partial charge in [0.1, 0.15) is 5.76 Å². The average molecular weight is 325 g/mol. The third-order valence-corrected chi connectivity index (χ3v) is 3.64. The minimum absolute atomic E-state index is 0.0283. The predicted octanol–water partition coefficient (Wildman–Crippen LogP) is -0.732. The lowest BCUT2D eigenvalue weighted by molar-refractivity contribution is -0.139. The van der Waals surface area contributed by atoms with Crippen LogP contribution in [0.1, 0.15) is 18.2 Å². The van der Waals surface area contributed by atoms with Gasteiger partial charge in [-0.25, -0.2) is 0 Å². The first-order chi connectivity index (χ1) is 11.2. The molecule has 8 nitrogen and oxygen atoms in total. The molecule has 1 saturated heterocycles. The highest BCUT2D eigenvalue weighted by Crippen LogP contribution is 2.21. The Morgan fingerprint density at radius 2 is 2.00 bits per heavy atom. The highest BCUT2D eigenvalue weighted by atomic mass is 16.5. The lowest BCUT2D eigenvalue weighted by Crippen LogP contribution is -2.46. The summed E-state index contributed by atoms with van der Waals surface area (Å²) in [6.45, 7) is 3.26. The minimum atomic E-state index is -0.696. The van der Waals surface area contributed by atoms with Gasteiger partial charge in [-0.15, -0.1) is 0 Å². The molecule has 0 unspecified atom stereocenters. The standard InChI is InChI=1S/C15H23N3O5/c19-7-2-4-16-14(20)15(21)17-11-12(13-3-1-8-23-13)18-5-9-22-10-6-18/h1,3,8,12,19H,2,4-7,9-11H2,(H,16,20)(H,17,21)/t12-/m0/s1. The molecular weight excluding hydrogens is 302 g/mol. The molecule has 1 atom stereocenters. The van der Waals surface area contributed by atoms with Crippen LogP contribution < -0.4 is 10.6 Å². The molecule has 0 aromatic carbocycles. The van der Waals surface area contributed by atoms with Crippen molar-refractivity contribution < 1.29 is 23.8 Å². The summed E-state index contributed by atoms with van der Waals surface area (Å²) in [5, 5.41) is 13.8. The molecule has 0 bridgehead atoms. The van der Waals surface area contributed by atoms with E-state index in [0.717, 1.165) is 18.8 Å². The second-order valence-electron chi connectivity index (χ2n) is 5.22. The van der Waals surface area contributed by atoms with Crippen LogP contribution in [0, 0.1) is 0 Å². The Balaban J connectivity index is 1.88. The van der Waals surface area contributed by atoms with E-state index in [9.17, 15) is 9.59 Å². The second-order valence-corrected chi connectivity index (χ2v) is 5.22.